The molecule has 2 fully saturated rings. The minimum atomic E-state index is -1.12. The number of halogens is 1. The van der Waals surface area contributed by atoms with Crippen molar-refractivity contribution in [2.45, 2.75) is 25.0 Å². The lowest BCUT2D eigenvalue weighted by Gasteiger charge is -2.27. The Morgan fingerprint density at radius 2 is 2.00 bits per heavy atom. The van der Waals surface area contributed by atoms with Crippen molar-refractivity contribution >= 4 is 16.6 Å². The van der Waals surface area contributed by atoms with E-state index in [1.54, 1.807) is 0 Å². The molecule has 4 heterocycles. The summed E-state index contributed by atoms with van der Waals surface area (Å²) in [4.78, 5) is 24.5. The van der Waals surface area contributed by atoms with Crippen LogP contribution in [0, 0.1) is 17.1 Å². The van der Waals surface area contributed by atoms with E-state index in [1.807, 2.05) is 6.07 Å². The summed E-state index contributed by atoms with van der Waals surface area (Å²) in [6, 6.07) is 4.62. The van der Waals surface area contributed by atoms with E-state index in [1.165, 1.54) is 27.4 Å². The average Bonchev–Trinajstić information content (AvgIpc) is 3.25. The molecule has 174 valence electrons. The molecule has 1 saturated carbocycles. The number of nitriles is 1. The smallest absolute Gasteiger partial charge is 0.277 e. The van der Waals surface area contributed by atoms with Crippen molar-refractivity contribution in [2.75, 3.05) is 32.8 Å². The molecule has 0 radical (unpaired) electrons. The second kappa shape index (κ2) is 7.69. The van der Waals surface area contributed by atoms with Crippen LogP contribution in [-0.4, -0.2) is 66.9 Å². The maximum absolute atomic E-state index is 14.6. The van der Waals surface area contributed by atoms with Gasteiger partial charge < -0.3 is 18.9 Å². The van der Waals surface area contributed by atoms with Crippen molar-refractivity contribution in [3.8, 4) is 17.6 Å². The van der Waals surface area contributed by atoms with Crippen LogP contribution in [-0.2, 0) is 16.9 Å². The van der Waals surface area contributed by atoms with E-state index in [0.717, 1.165) is 13.1 Å². The topological polar surface area (TPSA) is 135 Å². The van der Waals surface area contributed by atoms with Crippen LogP contribution in [0.15, 0.2) is 27.8 Å². The van der Waals surface area contributed by atoms with Gasteiger partial charge in [-0.2, -0.15) is 10.2 Å². The van der Waals surface area contributed by atoms with E-state index in [4.69, 9.17) is 9.26 Å². The second-order valence-corrected chi connectivity index (χ2v) is 8.58. The minimum absolute atomic E-state index is 0.0802. The molecule has 12 heteroatoms. The summed E-state index contributed by atoms with van der Waals surface area (Å²) in [5.74, 6) is -0.530. The van der Waals surface area contributed by atoms with Gasteiger partial charge in [-0.15, -0.1) is 0 Å². The highest BCUT2D eigenvalue weighted by molar-refractivity contribution is 5.87. The molecule has 11 nitrogen and oxygen atoms in total. The van der Waals surface area contributed by atoms with Crippen molar-refractivity contribution < 1.29 is 18.8 Å². The first-order valence-corrected chi connectivity index (χ1v) is 11.0. The van der Waals surface area contributed by atoms with Crippen LogP contribution < -0.4 is 5.56 Å². The molecule has 34 heavy (non-hydrogen) atoms. The Hall–Kier alpha value is -3.66. The molecule has 1 saturated heterocycles. The van der Waals surface area contributed by atoms with Crippen LogP contribution in [0.5, 0.6) is 0 Å². The third-order valence-electron chi connectivity index (χ3n) is 6.47. The van der Waals surface area contributed by atoms with Crippen LogP contribution in [0.25, 0.3) is 28.1 Å². The van der Waals surface area contributed by atoms with Crippen LogP contribution in [0.2, 0.25) is 0 Å². The normalized spacial score (nSPS) is 17.9. The summed E-state index contributed by atoms with van der Waals surface area (Å²) in [6.45, 7) is 3.42. The molecule has 3 aromatic heterocycles. The van der Waals surface area contributed by atoms with Gasteiger partial charge >= 0.3 is 0 Å². The molecular formula is C22H20FN7O4. The van der Waals surface area contributed by atoms with Gasteiger partial charge in [-0.25, -0.2) is 9.37 Å². The number of aliphatic hydroxyl groups is 1. The number of fused-ring (bicyclic) bond motifs is 3. The average molecular weight is 465 g/mol. The molecular weight excluding hydrogens is 445 g/mol. The molecule has 4 aromatic rings. The summed E-state index contributed by atoms with van der Waals surface area (Å²) in [7, 11) is 0. The summed E-state index contributed by atoms with van der Waals surface area (Å²) >= 11 is 0. The monoisotopic (exact) mass is 465 g/mol. The number of benzene rings is 1. The zero-order valence-electron chi connectivity index (χ0n) is 18.1. The first kappa shape index (κ1) is 20.9. The van der Waals surface area contributed by atoms with Gasteiger partial charge in [0, 0.05) is 26.2 Å². The lowest BCUT2D eigenvalue weighted by Crippen LogP contribution is -2.39. The van der Waals surface area contributed by atoms with Gasteiger partial charge in [0.05, 0.1) is 24.2 Å². The van der Waals surface area contributed by atoms with Crippen molar-refractivity contribution in [2.24, 2.45) is 0 Å². The van der Waals surface area contributed by atoms with E-state index < -0.39 is 17.0 Å². The van der Waals surface area contributed by atoms with E-state index in [-0.39, 0.29) is 40.6 Å². The Kier molecular flexibility index (Phi) is 4.73. The molecule has 6 rings (SSSR count). The Morgan fingerprint density at radius 3 is 2.74 bits per heavy atom. The highest BCUT2D eigenvalue weighted by Gasteiger charge is 2.48. The number of hydrogen-bond acceptors (Lipinski definition) is 9. The fourth-order valence-corrected chi connectivity index (χ4v) is 4.38. The van der Waals surface area contributed by atoms with Crippen LogP contribution in [0.3, 0.4) is 0 Å². The van der Waals surface area contributed by atoms with Gasteiger partial charge in [0.1, 0.15) is 40.6 Å². The lowest BCUT2D eigenvalue weighted by atomic mass is 10.1. The number of imidazole rings is 1. The lowest BCUT2D eigenvalue weighted by molar-refractivity contribution is 0.0364. The Labute approximate surface area is 191 Å². The predicted octanol–water partition coefficient (Wildman–Crippen LogP) is 1.02. The van der Waals surface area contributed by atoms with Gasteiger partial charge in [0.25, 0.3) is 11.4 Å². The van der Waals surface area contributed by atoms with Crippen molar-refractivity contribution in [3.05, 3.63) is 46.1 Å². The molecule has 2 aliphatic rings. The van der Waals surface area contributed by atoms with E-state index in [2.05, 4.69) is 20.0 Å². The number of rotatable bonds is 5. The molecule has 0 atom stereocenters. The van der Waals surface area contributed by atoms with Crippen molar-refractivity contribution in [1.82, 2.24) is 29.0 Å². The Bertz CT molecular complexity index is 1520. The first-order valence-electron chi connectivity index (χ1n) is 11.0. The molecule has 1 aliphatic carbocycles. The van der Waals surface area contributed by atoms with Crippen LogP contribution in [0.1, 0.15) is 24.3 Å². The summed E-state index contributed by atoms with van der Waals surface area (Å²) in [5, 5.41) is 23.9. The predicted molar refractivity (Wildman–Crippen MR) is 115 cm³/mol. The number of ether oxygens (including phenoxy) is 1. The Balaban J connectivity index is 1.55. The van der Waals surface area contributed by atoms with Crippen LogP contribution >= 0.6 is 0 Å². The molecule has 0 amide bonds. The fourth-order valence-electron chi connectivity index (χ4n) is 4.38. The van der Waals surface area contributed by atoms with Gasteiger partial charge in [-0.05, 0) is 25.0 Å². The van der Waals surface area contributed by atoms with E-state index >= 15 is 0 Å². The summed E-state index contributed by atoms with van der Waals surface area (Å²) in [6.07, 6.45) is 2.47. The largest absolute Gasteiger partial charge is 0.380 e. The van der Waals surface area contributed by atoms with Crippen molar-refractivity contribution in [1.29, 1.82) is 5.26 Å². The molecule has 0 bridgehead atoms. The number of morpholine rings is 1. The standard InChI is InChI=1S/C22H20FN7O4/c23-14-1-2-15-17(13(14)11-24)29(6-5-28-7-9-33-10-8-28)20(31)18-16(25-12-30(15)18)19-26-21(34-27-19)22(32)3-4-22/h1-2,12,32H,3-10H2. The molecule has 1 aliphatic heterocycles. The molecule has 1 aromatic carbocycles. The second-order valence-electron chi connectivity index (χ2n) is 8.58. The van der Waals surface area contributed by atoms with E-state index in [0.29, 0.717) is 38.1 Å². The highest BCUT2D eigenvalue weighted by atomic mass is 19.1. The van der Waals surface area contributed by atoms with Gasteiger partial charge in [-0.1, -0.05) is 5.16 Å². The quantitative estimate of drug-likeness (QED) is 0.458. The zero-order chi connectivity index (χ0) is 23.4. The van der Waals surface area contributed by atoms with Gasteiger partial charge in [0.2, 0.25) is 5.82 Å². The third-order valence-corrected chi connectivity index (χ3v) is 6.47. The van der Waals surface area contributed by atoms with Gasteiger partial charge in [0.15, 0.2) is 0 Å². The zero-order valence-corrected chi connectivity index (χ0v) is 18.1. The molecule has 1 N–H and O–H groups in total. The highest BCUT2D eigenvalue weighted by Crippen LogP contribution is 2.44. The maximum atomic E-state index is 14.6. The Morgan fingerprint density at radius 1 is 1.21 bits per heavy atom. The third kappa shape index (κ3) is 3.20. The summed E-state index contributed by atoms with van der Waals surface area (Å²) in [5.41, 5.74) is -0.742. The van der Waals surface area contributed by atoms with E-state index in [9.17, 15) is 19.6 Å². The first-order chi connectivity index (χ1) is 16.5. The molecule has 0 unspecified atom stereocenters. The van der Waals surface area contributed by atoms with Gasteiger partial charge in [-0.3, -0.25) is 14.1 Å². The number of nitrogens with zero attached hydrogens (tertiary/aromatic N) is 7. The van der Waals surface area contributed by atoms with Crippen molar-refractivity contribution in [3.63, 3.8) is 0 Å². The van der Waals surface area contributed by atoms with Crippen LogP contribution in [0.4, 0.5) is 4.39 Å². The SMILES string of the molecule is N#Cc1c(F)ccc2c1n(CCN1CCOCC1)c(=O)c1c(-c3noc(C4(O)CC4)n3)ncn12. The number of aromatic nitrogens is 5. The number of hydrogen-bond donors (Lipinski definition) is 1. The summed E-state index contributed by atoms with van der Waals surface area (Å²) < 4.78 is 28.1. The minimum Gasteiger partial charge on any atom is -0.380 e. The fraction of sp³-hybridized carbons (Fsp3) is 0.409. The molecule has 0 spiro atoms. The maximum Gasteiger partial charge on any atom is 0.277 e.